The Hall–Kier alpha value is -3.80. The number of hydrogen-bond acceptors (Lipinski definition) is 4. The van der Waals surface area contributed by atoms with Gasteiger partial charge in [0.2, 0.25) is 5.43 Å². The minimum Gasteiger partial charge on any atom is -0.350 e. The molecule has 1 aliphatic rings. The van der Waals surface area contributed by atoms with E-state index in [0.717, 1.165) is 35.2 Å². The van der Waals surface area contributed by atoms with Crippen LogP contribution in [0.15, 0.2) is 72.0 Å². The number of aryl methyl sites for hydroxylation is 2. The summed E-state index contributed by atoms with van der Waals surface area (Å²) in [5, 5.41) is 0.567. The van der Waals surface area contributed by atoms with E-state index in [1.54, 1.807) is 23.5 Å². The summed E-state index contributed by atoms with van der Waals surface area (Å²) < 4.78 is 1.85. The molecular weight excluding hydrogens is 412 g/mol. The van der Waals surface area contributed by atoms with Crippen LogP contribution in [-0.4, -0.2) is 38.4 Å². The summed E-state index contributed by atoms with van der Waals surface area (Å²) in [6, 6.07) is 15.7. The Morgan fingerprint density at radius 1 is 1.09 bits per heavy atom. The highest BCUT2D eigenvalue weighted by Crippen LogP contribution is 2.33. The molecule has 4 aromatic rings. The van der Waals surface area contributed by atoms with Gasteiger partial charge in [0, 0.05) is 49.4 Å². The average molecular weight is 439 g/mol. The summed E-state index contributed by atoms with van der Waals surface area (Å²) in [6.45, 7) is 3.23. The molecule has 1 atom stereocenters. The fourth-order valence-corrected chi connectivity index (χ4v) is 4.77. The lowest BCUT2D eigenvalue weighted by molar-refractivity contribution is 0.0704. The summed E-state index contributed by atoms with van der Waals surface area (Å²) in [5.74, 6) is -0.122. The fourth-order valence-electron chi connectivity index (χ4n) is 4.77. The van der Waals surface area contributed by atoms with Gasteiger partial charge in [-0.2, -0.15) is 0 Å². The van der Waals surface area contributed by atoms with Gasteiger partial charge in [0.25, 0.3) is 5.91 Å². The second kappa shape index (κ2) is 8.62. The van der Waals surface area contributed by atoms with Crippen LogP contribution in [-0.2, 0) is 7.05 Å². The van der Waals surface area contributed by atoms with Crippen LogP contribution in [0.4, 0.5) is 0 Å². The SMILES string of the molecule is Cc1ccc(-c2cncnc2C2CCCN(C(=O)c3cn(C)c4ccccc4c3=O)C2)cc1. The van der Waals surface area contributed by atoms with Gasteiger partial charge in [0.1, 0.15) is 11.9 Å². The highest BCUT2D eigenvalue weighted by Gasteiger charge is 2.29. The molecule has 0 saturated carbocycles. The quantitative estimate of drug-likeness (QED) is 0.478. The number of aromatic nitrogens is 3. The van der Waals surface area contributed by atoms with Crippen molar-refractivity contribution in [2.45, 2.75) is 25.7 Å². The molecule has 0 N–H and O–H groups in total. The molecular formula is C27H26N4O2. The Bertz CT molecular complexity index is 1390. The van der Waals surface area contributed by atoms with E-state index in [2.05, 4.69) is 41.2 Å². The van der Waals surface area contributed by atoms with Gasteiger partial charge in [-0.25, -0.2) is 9.97 Å². The first kappa shape index (κ1) is 21.1. The highest BCUT2D eigenvalue weighted by atomic mass is 16.2. The topological polar surface area (TPSA) is 68.1 Å². The number of rotatable bonds is 3. The van der Waals surface area contributed by atoms with Crippen molar-refractivity contribution in [1.29, 1.82) is 0 Å². The van der Waals surface area contributed by atoms with E-state index >= 15 is 0 Å². The number of benzene rings is 2. The molecule has 1 aliphatic heterocycles. The normalized spacial score (nSPS) is 16.2. The predicted octanol–water partition coefficient (Wildman–Crippen LogP) is 4.32. The summed E-state index contributed by atoms with van der Waals surface area (Å²) in [5.41, 5.74) is 5.05. The molecule has 2 aromatic carbocycles. The van der Waals surface area contributed by atoms with Gasteiger partial charge in [-0.1, -0.05) is 42.0 Å². The number of hydrogen-bond donors (Lipinski definition) is 0. The Morgan fingerprint density at radius 2 is 1.88 bits per heavy atom. The number of nitrogens with zero attached hydrogens (tertiary/aromatic N) is 4. The number of piperidine rings is 1. The first-order valence-corrected chi connectivity index (χ1v) is 11.3. The van der Waals surface area contributed by atoms with Crippen molar-refractivity contribution in [3.05, 3.63) is 94.3 Å². The zero-order valence-electron chi connectivity index (χ0n) is 18.9. The largest absolute Gasteiger partial charge is 0.350 e. The highest BCUT2D eigenvalue weighted by molar-refractivity contribution is 5.97. The lowest BCUT2D eigenvalue weighted by atomic mass is 9.89. The third-order valence-corrected chi connectivity index (χ3v) is 6.53. The maximum Gasteiger partial charge on any atom is 0.259 e. The van der Waals surface area contributed by atoms with Gasteiger partial charge >= 0.3 is 0 Å². The Kier molecular flexibility index (Phi) is 5.50. The molecule has 0 spiro atoms. The van der Waals surface area contributed by atoms with Crippen LogP contribution in [0.2, 0.25) is 0 Å². The van der Waals surface area contributed by atoms with Crippen LogP contribution in [0.3, 0.4) is 0 Å². The van der Waals surface area contributed by atoms with Crippen molar-refractivity contribution < 1.29 is 4.79 Å². The van der Waals surface area contributed by atoms with E-state index in [1.807, 2.05) is 36.0 Å². The van der Waals surface area contributed by atoms with Crippen molar-refractivity contribution in [1.82, 2.24) is 19.4 Å². The molecule has 5 rings (SSSR count). The van der Waals surface area contributed by atoms with Crippen LogP contribution in [0, 0.1) is 6.92 Å². The third kappa shape index (κ3) is 3.93. The van der Waals surface area contributed by atoms with E-state index in [-0.39, 0.29) is 22.8 Å². The molecule has 1 saturated heterocycles. The molecule has 3 heterocycles. The molecule has 33 heavy (non-hydrogen) atoms. The van der Waals surface area contributed by atoms with Crippen LogP contribution >= 0.6 is 0 Å². The monoisotopic (exact) mass is 438 g/mol. The van der Waals surface area contributed by atoms with Crippen molar-refractivity contribution in [3.63, 3.8) is 0 Å². The first-order valence-electron chi connectivity index (χ1n) is 11.3. The number of amides is 1. The van der Waals surface area contributed by atoms with Gasteiger partial charge < -0.3 is 9.47 Å². The Balaban J connectivity index is 1.47. The van der Waals surface area contributed by atoms with E-state index in [1.165, 1.54) is 5.56 Å². The van der Waals surface area contributed by atoms with Crippen molar-refractivity contribution in [2.75, 3.05) is 13.1 Å². The van der Waals surface area contributed by atoms with Crippen LogP contribution in [0.25, 0.3) is 22.0 Å². The number of carbonyl (C=O) groups excluding carboxylic acids is 1. The smallest absolute Gasteiger partial charge is 0.259 e. The standard InChI is InChI=1S/C27H26N4O2/c1-18-9-11-19(12-10-18)22-14-28-17-29-25(22)20-6-5-13-31(15-20)27(33)23-16-30(2)24-8-4-3-7-21(24)26(23)32/h3-4,7-12,14,16-17,20H,5-6,13,15H2,1-2H3. The minimum atomic E-state index is -0.211. The summed E-state index contributed by atoms with van der Waals surface area (Å²) >= 11 is 0. The molecule has 166 valence electrons. The molecule has 0 bridgehead atoms. The zero-order valence-corrected chi connectivity index (χ0v) is 18.9. The summed E-state index contributed by atoms with van der Waals surface area (Å²) in [4.78, 5) is 37.3. The van der Waals surface area contributed by atoms with Crippen LogP contribution < -0.4 is 5.43 Å². The van der Waals surface area contributed by atoms with Gasteiger partial charge in [-0.05, 0) is 37.5 Å². The third-order valence-electron chi connectivity index (χ3n) is 6.53. The minimum absolute atomic E-state index is 0.0892. The number of para-hydroxylation sites is 1. The second-order valence-corrected chi connectivity index (χ2v) is 8.78. The van der Waals surface area contributed by atoms with E-state index < -0.39 is 0 Å². The maximum absolute atomic E-state index is 13.5. The summed E-state index contributed by atoms with van der Waals surface area (Å²) in [6.07, 6.45) is 6.90. The van der Waals surface area contributed by atoms with Crippen LogP contribution in [0.1, 0.15) is 40.4 Å². The fraction of sp³-hybridized carbons (Fsp3) is 0.259. The van der Waals surface area contributed by atoms with Crippen molar-refractivity contribution in [3.8, 4) is 11.1 Å². The molecule has 2 aromatic heterocycles. The van der Waals surface area contributed by atoms with Gasteiger partial charge in [0.05, 0.1) is 11.2 Å². The lowest BCUT2D eigenvalue weighted by Gasteiger charge is -2.33. The molecule has 6 heteroatoms. The molecule has 1 unspecified atom stereocenters. The van der Waals surface area contributed by atoms with E-state index in [0.29, 0.717) is 18.5 Å². The second-order valence-electron chi connectivity index (χ2n) is 8.78. The van der Waals surface area contributed by atoms with Gasteiger partial charge in [-0.3, -0.25) is 9.59 Å². The zero-order chi connectivity index (χ0) is 22.9. The molecule has 1 fully saturated rings. The number of fused-ring (bicyclic) bond motifs is 1. The number of likely N-dealkylation sites (tertiary alicyclic amines) is 1. The van der Waals surface area contributed by atoms with Crippen molar-refractivity contribution >= 4 is 16.8 Å². The van der Waals surface area contributed by atoms with Crippen LogP contribution in [0.5, 0.6) is 0 Å². The summed E-state index contributed by atoms with van der Waals surface area (Å²) in [7, 11) is 1.87. The predicted molar refractivity (Wildman–Crippen MR) is 129 cm³/mol. The first-order chi connectivity index (χ1) is 16.0. The molecule has 6 nitrogen and oxygen atoms in total. The van der Waals surface area contributed by atoms with E-state index in [9.17, 15) is 9.59 Å². The molecule has 1 amide bonds. The Morgan fingerprint density at radius 3 is 2.70 bits per heavy atom. The van der Waals surface area contributed by atoms with Gasteiger partial charge in [-0.15, -0.1) is 0 Å². The molecule has 0 radical (unpaired) electrons. The van der Waals surface area contributed by atoms with E-state index in [4.69, 9.17) is 0 Å². The average Bonchev–Trinajstić information content (AvgIpc) is 2.86. The lowest BCUT2D eigenvalue weighted by Crippen LogP contribution is -2.41. The number of pyridine rings is 1. The Labute approximate surface area is 192 Å². The number of carbonyl (C=O) groups is 1. The van der Waals surface area contributed by atoms with Gasteiger partial charge in [0.15, 0.2) is 0 Å². The maximum atomic E-state index is 13.5. The van der Waals surface area contributed by atoms with Crippen molar-refractivity contribution in [2.24, 2.45) is 7.05 Å². The molecule has 0 aliphatic carbocycles.